The number of alkyl carbamates (subject to hydrolysis) is 1. The lowest BCUT2D eigenvalue weighted by Gasteiger charge is -2.27. The van der Waals surface area contributed by atoms with E-state index in [0.717, 1.165) is 5.56 Å². The molecule has 3 atom stereocenters. The van der Waals surface area contributed by atoms with Gasteiger partial charge in [-0.15, -0.1) is 0 Å². The van der Waals surface area contributed by atoms with Crippen molar-refractivity contribution in [3.8, 4) is 0 Å². The first kappa shape index (κ1) is 23.0. The molecule has 1 aromatic rings. The van der Waals surface area contributed by atoms with Crippen molar-refractivity contribution in [2.24, 2.45) is 5.16 Å². The fourth-order valence-electron chi connectivity index (χ4n) is 2.56. The van der Waals surface area contributed by atoms with Crippen LogP contribution in [-0.4, -0.2) is 47.6 Å². The van der Waals surface area contributed by atoms with E-state index in [0.29, 0.717) is 18.2 Å². The molecule has 1 unspecified atom stereocenters. The first-order chi connectivity index (χ1) is 13.6. The topological polar surface area (TPSA) is 98.2 Å². The number of carbonyl (C=O) groups excluding carboxylic acids is 2. The highest BCUT2D eigenvalue weighted by molar-refractivity contribution is 6.65. The summed E-state index contributed by atoms with van der Waals surface area (Å²) < 4.78 is 11.1. The zero-order valence-electron chi connectivity index (χ0n) is 17.1. The first-order valence-electron chi connectivity index (χ1n) is 9.45. The molecule has 1 aliphatic rings. The molecule has 0 saturated heterocycles. The van der Waals surface area contributed by atoms with E-state index in [1.807, 2.05) is 30.3 Å². The Morgan fingerprint density at radius 3 is 2.59 bits per heavy atom. The third-order valence-electron chi connectivity index (χ3n) is 3.98. The molecule has 0 spiro atoms. The molecular weight excluding hydrogens is 398 g/mol. The van der Waals surface area contributed by atoms with Crippen LogP contribution in [0.25, 0.3) is 0 Å². The molecule has 2 N–H and O–H groups in total. The predicted molar refractivity (Wildman–Crippen MR) is 110 cm³/mol. The average molecular weight is 426 g/mol. The summed E-state index contributed by atoms with van der Waals surface area (Å²) in [6, 6.07) is 8.61. The Balaban J connectivity index is 1.96. The van der Waals surface area contributed by atoms with E-state index in [4.69, 9.17) is 25.9 Å². The van der Waals surface area contributed by atoms with E-state index >= 15 is 0 Å². The van der Waals surface area contributed by atoms with E-state index in [1.54, 1.807) is 27.7 Å². The molecule has 0 bridgehead atoms. The van der Waals surface area contributed by atoms with Crippen molar-refractivity contribution in [3.05, 3.63) is 35.9 Å². The van der Waals surface area contributed by atoms with Gasteiger partial charge in [-0.1, -0.05) is 47.1 Å². The number of nitrogens with one attached hydrogen (secondary N) is 2. The molecule has 0 aliphatic carbocycles. The molecule has 0 fully saturated rings. The van der Waals surface area contributed by atoms with Gasteiger partial charge in [0, 0.05) is 6.42 Å². The van der Waals surface area contributed by atoms with Crippen LogP contribution in [0.4, 0.5) is 4.79 Å². The van der Waals surface area contributed by atoms with Gasteiger partial charge in [-0.3, -0.25) is 4.79 Å². The Bertz CT molecular complexity index is 721. The van der Waals surface area contributed by atoms with Crippen molar-refractivity contribution in [2.75, 3.05) is 6.54 Å². The zero-order chi connectivity index (χ0) is 21.4. The maximum atomic E-state index is 12.7. The fraction of sp³-hybridized carbons (Fsp3) is 0.550. The summed E-state index contributed by atoms with van der Waals surface area (Å²) in [5.41, 5.74) is 0.271. The molecule has 1 aromatic carbocycles. The number of hydrogen-bond acceptors (Lipinski definition) is 6. The largest absolute Gasteiger partial charge is 0.444 e. The number of ether oxygens (including phenoxy) is 2. The van der Waals surface area contributed by atoms with E-state index in [1.165, 1.54) is 0 Å². The minimum atomic E-state index is -0.952. The molecule has 2 amide bonds. The van der Waals surface area contributed by atoms with Crippen LogP contribution in [0.15, 0.2) is 35.5 Å². The van der Waals surface area contributed by atoms with E-state index in [-0.39, 0.29) is 12.6 Å². The molecule has 0 radical (unpaired) electrons. The van der Waals surface area contributed by atoms with Gasteiger partial charge >= 0.3 is 6.09 Å². The first-order valence-corrected chi connectivity index (χ1v) is 9.83. The van der Waals surface area contributed by atoms with Crippen LogP contribution < -0.4 is 10.6 Å². The van der Waals surface area contributed by atoms with Crippen molar-refractivity contribution in [3.63, 3.8) is 0 Å². The van der Waals surface area contributed by atoms with Crippen LogP contribution >= 0.6 is 11.6 Å². The molecule has 2 rings (SSSR count). The highest BCUT2D eigenvalue weighted by Crippen LogP contribution is 2.13. The number of halogens is 1. The highest BCUT2D eigenvalue weighted by Gasteiger charge is 2.31. The van der Waals surface area contributed by atoms with E-state index in [9.17, 15) is 9.59 Å². The molecule has 160 valence electrons. The lowest BCUT2D eigenvalue weighted by molar-refractivity contribution is -0.127. The summed E-state index contributed by atoms with van der Waals surface area (Å²) in [6.45, 7) is 7.47. The number of oxime groups is 1. The minimum Gasteiger partial charge on any atom is -0.444 e. The Morgan fingerprint density at radius 1 is 1.31 bits per heavy atom. The maximum Gasteiger partial charge on any atom is 0.408 e. The van der Waals surface area contributed by atoms with Crippen LogP contribution in [0, 0.1) is 0 Å². The third kappa shape index (κ3) is 8.29. The summed E-state index contributed by atoms with van der Waals surface area (Å²) >= 11 is 5.78. The molecule has 29 heavy (non-hydrogen) atoms. The second kappa shape index (κ2) is 10.5. The quantitative estimate of drug-likeness (QED) is 0.667. The van der Waals surface area contributed by atoms with Crippen LogP contribution in [0.2, 0.25) is 0 Å². The van der Waals surface area contributed by atoms with Gasteiger partial charge in [0.15, 0.2) is 6.10 Å². The Kier molecular flexibility index (Phi) is 8.28. The maximum absolute atomic E-state index is 12.7. The predicted octanol–water partition coefficient (Wildman–Crippen LogP) is 2.94. The summed E-state index contributed by atoms with van der Waals surface area (Å²) in [5, 5.41) is 9.34. The van der Waals surface area contributed by atoms with Gasteiger partial charge in [0.05, 0.1) is 19.3 Å². The molecule has 8 nitrogen and oxygen atoms in total. The smallest absolute Gasteiger partial charge is 0.408 e. The van der Waals surface area contributed by atoms with Crippen molar-refractivity contribution in [1.29, 1.82) is 0 Å². The summed E-state index contributed by atoms with van der Waals surface area (Å²) in [6.07, 6.45) is -1.22. The van der Waals surface area contributed by atoms with Gasteiger partial charge in [-0.2, -0.15) is 0 Å². The second-order valence-electron chi connectivity index (χ2n) is 7.77. The third-order valence-corrected chi connectivity index (χ3v) is 4.20. The molecule has 0 saturated carbocycles. The molecule has 9 heteroatoms. The van der Waals surface area contributed by atoms with Crippen LogP contribution in [0.3, 0.4) is 0 Å². The van der Waals surface area contributed by atoms with Gasteiger partial charge < -0.3 is 24.9 Å². The molecule has 1 heterocycles. The summed E-state index contributed by atoms with van der Waals surface area (Å²) in [5.74, 6) is -0.414. The Morgan fingerprint density at radius 2 is 2.00 bits per heavy atom. The molecule has 0 aromatic heterocycles. The second-order valence-corrected chi connectivity index (χ2v) is 8.21. The SMILES string of the molecule is C[C@@H](OCc1ccccc1)[C@H](NC(=O)OC(C)(C)C)C(=O)NCC1CC(Cl)=NO1. The van der Waals surface area contributed by atoms with E-state index < -0.39 is 29.7 Å². The lowest BCUT2D eigenvalue weighted by atomic mass is 10.1. The lowest BCUT2D eigenvalue weighted by Crippen LogP contribution is -2.54. The number of benzene rings is 1. The Labute approximate surface area is 175 Å². The Hall–Kier alpha value is -2.32. The van der Waals surface area contributed by atoms with Crippen molar-refractivity contribution in [2.45, 2.75) is 64.6 Å². The number of hydrogen-bond donors (Lipinski definition) is 2. The van der Waals surface area contributed by atoms with Crippen LogP contribution in [0.5, 0.6) is 0 Å². The molecule has 1 aliphatic heterocycles. The van der Waals surface area contributed by atoms with Crippen LogP contribution in [0.1, 0.15) is 39.7 Å². The highest BCUT2D eigenvalue weighted by atomic mass is 35.5. The number of rotatable bonds is 8. The number of nitrogens with zero attached hydrogens (tertiary/aromatic N) is 1. The number of carbonyl (C=O) groups is 2. The van der Waals surface area contributed by atoms with Crippen molar-refractivity contribution in [1.82, 2.24) is 10.6 Å². The number of amides is 2. The van der Waals surface area contributed by atoms with Crippen molar-refractivity contribution < 1.29 is 23.9 Å². The van der Waals surface area contributed by atoms with Gasteiger partial charge in [0.25, 0.3) is 0 Å². The monoisotopic (exact) mass is 425 g/mol. The van der Waals surface area contributed by atoms with Gasteiger partial charge in [0.1, 0.15) is 16.8 Å². The van der Waals surface area contributed by atoms with Crippen LogP contribution in [-0.2, 0) is 25.7 Å². The normalized spacial score (nSPS) is 18.2. The van der Waals surface area contributed by atoms with Crippen molar-refractivity contribution >= 4 is 28.8 Å². The molecular formula is C20H28ClN3O5. The van der Waals surface area contributed by atoms with E-state index in [2.05, 4.69) is 15.8 Å². The average Bonchev–Trinajstić information content (AvgIpc) is 3.07. The van der Waals surface area contributed by atoms with Gasteiger partial charge in [-0.05, 0) is 33.3 Å². The summed E-state index contributed by atoms with van der Waals surface area (Å²) in [7, 11) is 0. The summed E-state index contributed by atoms with van der Waals surface area (Å²) in [4.78, 5) is 30.1. The fourth-order valence-corrected chi connectivity index (χ4v) is 2.77. The zero-order valence-corrected chi connectivity index (χ0v) is 17.9. The van der Waals surface area contributed by atoms with Gasteiger partial charge in [-0.25, -0.2) is 4.79 Å². The standard InChI is InChI=1S/C20H28ClN3O5/c1-13(27-12-14-8-6-5-7-9-14)17(23-19(26)28-20(2,3)4)18(25)22-11-15-10-16(21)24-29-15/h5-9,13,15,17H,10-12H2,1-4H3,(H,22,25)(H,23,26)/t13-,15?,17+/m1/s1. The van der Waals surface area contributed by atoms with Gasteiger partial charge in [0.2, 0.25) is 5.91 Å². The minimum absolute atomic E-state index is 0.205.